The number of hydrogen-bond acceptors (Lipinski definition) is 2. The molecule has 1 atom stereocenters. The Bertz CT molecular complexity index is 80.5. The number of carbonyl (C=O) groups excluding carboxylic acids is 1. The molecular weight excluding hydrogens is 102 g/mol. The van der Waals surface area contributed by atoms with Crippen molar-refractivity contribution in [2.45, 2.75) is 6.04 Å². The first-order chi connectivity index (χ1) is 3.72. The zero-order valence-corrected chi connectivity index (χ0v) is 5.22. The second-order valence-electron chi connectivity index (χ2n) is 1.76. The molecule has 0 rings (SSSR count). The first kappa shape index (κ1) is 7.37. The van der Waals surface area contributed by atoms with E-state index >= 15 is 0 Å². The topological polar surface area (TPSA) is 20.3 Å². The van der Waals surface area contributed by atoms with Crippen LogP contribution in [-0.2, 0) is 4.79 Å². The summed E-state index contributed by atoms with van der Waals surface area (Å²) in [4.78, 5) is 11.7. The lowest BCUT2D eigenvalue weighted by atomic mass is 10.3. The van der Waals surface area contributed by atoms with Crippen LogP contribution in [0.5, 0.6) is 0 Å². The fourth-order valence-electron chi connectivity index (χ4n) is 0.364. The van der Waals surface area contributed by atoms with Crippen LogP contribution in [0, 0.1) is 0 Å². The van der Waals surface area contributed by atoms with Crippen molar-refractivity contribution in [1.82, 2.24) is 4.90 Å². The summed E-state index contributed by atoms with van der Waals surface area (Å²) in [5, 5.41) is 0. The van der Waals surface area contributed by atoms with Gasteiger partial charge in [0.2, 0.25) is 6.29 Å². The van der Waals surface area contributed by atoms with E-state index in [-0.39, 0.29) is 6.04 Å². The van der Waals surface area contributed by atoms with E-state index in [1.165, 1.54) is 0 Å². The average molecular weight is 112 g/mol. The molecule has 0 aliphatic heterocycles. The van der Waals surface area contributed by atoms with Crippen LogP contribution >= 0.6 is 0 Å². The highest BCUT2D eigenvalue weighted by Crippen LogP contribution is 1.86. The van der Waals surface area contributed by atoms with Gasteiger partial charge in [-0.3, -0.25) is 9.69 Å². The standard InChI is InChI=1S/C6H10NO/c1-4-6(5-8)7(2)3/h4,6H,1H2,2-3H3. The lowest BCUT2D eigenvalue weighted by Crippen LogP contribution is -2.26. The third-order valence-electron chi connectivity index (χ3n) is 0.900. The van der Waals surface area contributed by atoms with E-state index in [0.29, 0.717) is 0 Å². The average Bonchev–Trinajstić information content (AvgIpc) is 1.69. The molecule has 0 aromatic carbocycles. The van der Waals surface area contributed by atoms with Crippen molar-refractivity contribution in [3.63, 3.8) is 0 Å². The summed E-state index contributed by atoms with van der Waals surface area (Å²) in [6.45, 7) is 3.45. The van der Waals surface area contributed by atoms with Crippen LogP contribution in [0.25, 0.3) is 0 Å². The molecule has 0 spiro atoms. The van der Waals surface area contributed by atoms with E-state index in [0.717, 1.165) is 0 Å². The SMILES string of the molecule is C=CC([C]=O)N(C)C. The van der Waals surface area contributed by atoms with E-state index in [1.54, 1.807) is 25.1 Å². The van der Waals surface area contributed by atoms with E-state index in [9.17, 15) is 4.79 Å². The maximum absolute atomic E-state index is 9.94. The van der Waals surface area contributed by atoms with Crippen LogP contribution in [0.4, 0.5) is 0 Å². The first-order valence-corrected chi connectivity index (χ1v) is 2.39. The lowest BCUT2D eigenvalue weighted by Gasteiger charge is -2.11. The maximum atomic E-state index is 9.94. The summed E-state index contributed by atoms with van der Waals surface area (Å²) >= 11 is 0. The molecule has 0 heterocycles. The number of nitrogens with zero attached hydrogens (tertiary/aromatic N) is 1. The zero-order chi connectivity index (χ0) is 6.57. The Morgan fingerprint density at radius 1 is 1.75 bits per heavy atom. The van der Waals surface area contributed by atoms with Gasteiger partial charge in [-0.1, -0.05) is 6.08 Å². The molecule has 0 saturated heterocycles. The van der Waals surface area contributed by atoms with Crippen molar-refractivity contribution in [3.05, 3.63) is 12.7 Å². The first-order valence-electron chi connectivity index (χ1n) is 2.39. The Hall–Kier alpha value is -0.630. The molecule has 8 heavy (non-hydrogen) atoms. The van der Waals surface area contributed by atoms with Crippen molar-refractivity contribution in [3.8, 4) is 0 Å². The van der Waals surface area contributed by atoms with Gasteiger partial charge < -0.3 is 0 Å². The minimum absolute atomic E-state index is 0.255. The molecule has 0 aromatic heterocycles. The molecule has 0 aliphatic rings. The summed E-state index contributed by atoms with van der Waals surface area (Å²) in [5.41, 5.74) is 0. The summed E-state index contributed by atoms with van der Waals surface area (Å²) in [5.74, 6) is 0. The van der Waals surface area contributed by atoms with Gasteiger partial charge in [-0.25, -0.2) is 0 Å². The molecule has 1 unspecified atom stereocenters. The largest absolute Gasteiger partial charge is 0.296 e. The van der Waals surface area contributed by atoms with Gasteiger partial charge in [0.25, 0.3) is 0 Å². The van der Waals surface area contributed by atoms with Crippen LogP contribution in [0.1, 0.15) is 0 Å². The molecular formula is C6H10NO. The Balaban J connectivity index is 3.68. The second kappa shape index (κ2) is 3.38. The molecule has 0 saturated carbocycles. The molecule has 2 heteroatoms. The van der Waals surface area contributed by atoms with Gasteiger partial charge >= 0.3 is 0 Å². The maximum Gasteiger partial charge on any atom is 0.221 e. The van der Waals surface area contributed by atoms with Crippen molar-refractivity contribution in [2.75, 3.05) is 14.1 Å². The monoisotopic (exact) mass is 112 g/mol. The van der Waals surface area contributed by atoms with Gasteiger partial charge in [-0.15, -0.1) is 6.58 Å². The lowest BCUT2D eigenvalue weighted by molar-refractivity contribution is 0.391. The molecule has 0 fully saturated rings. The smallest absolute Gasteiger partial charge is 0.221 e. The normalized spacial score (nSPS) is 13.4. The Morgan fingerprint density at radius 2 is 2.25 bits per heavy atom. The highest BCUT2D eigenvalue weighted by molar-refractivity contribution is 5.61. The quantitative estimate of drug-likeness (QED) is 0.486. The number of rotatable bonds is 3. The summed E-state index contributed by atoms with van der Waals surface area (Å²) in [6, 6.07) is -0.255. The van der Waals surface area contributed by atoms with Crippen molar-refractivity contribution >= 4 is 6.29 Å². The van der Waals surface area contributed by atoms with Crippen molar-refractivity contribution in [2.24, 2.45) is 0 Å². The molecule has 0 amide bonds. The number of likely N-dealkylation sites (N-methyl/N-ethyl adjacent to an activating group) is 1. The minimum atomic E-state index is -0.255. The Kier molecular flexibility index (Phi) is 3.12. The highest BCUT2D eigenvalue weighted by Gasteiger charge is 2.02. The van der Waals surface area contributed by atoms with Gasteiger partial charge in [0.15, 0.2) is 0 Å². The highest BCUT2D eigenvalue weighted by atomic mass is 16.1. The number of hydrogen-bond donors (Lipinski definition) is 0. The molecule has 45 valence electrons. The second-order valence-corrected chi connectivity index (χ2v) is 1.76. The predicted octanol–water partition coefficient (Wildman–Crippen LogP) is 0.212. The Labute approximate surface area is 49.8 Å². The van der Waals surface area contributed by atoms with Gasteiger partial charge in [0, 0.05) is 0 Å². The summed E-state index contributed by atoms with van der Waals surface area (Å²) in [6.07, 6.45) is 3.36. The van der Waals surface area contributed by atoms with Crippen LogP contribution in [0.15, 0.2) is 12.7 Å². The van der Waals surface area contributed by atoms with Crippen molar-refractivity contribution < 1.29 is 4.79 Å². The van der Waals surface area contributed by atoms with Crippen molar-refractivity contribution in [1.29, 1.82) is 0 Å². The summed E-state index contributed by atoms with van der Waals surface area (Å²) in [7, 11) is 3.61. The Morgan fingerprint density at radius 3 is 2.25 bits per heavy atom. The third-order valence-corrected chi connectivity index (χ3v) is 0.900. The summed E-state index contributed by atoms with van der Waals surface area (Å²) < 4.78 is 0. The van der Waals surface area contributed by atoms with E-state index < -0.39 is 0 Å². The minimum Gasteiger partial charge on any atom is -0.296 e. The zero-order valence-electron chi connectivity index (χ0n) is 5.22. The molecule has 1 radical (unpaired) electrons. The third kappa shape index (κ3) is 1.89. The van der Waals surface area contributed by atoms with Crippen LogP contribution < -0.4 is 0 Å². The van der Waals surface area contributed by atoms with Crippen LogP contribution in [0.3, 0.4) is 0 Å². The fourth-order valence-corrected chi connectivity index (χ4v) is 0.364. The van der Waals surface area contributed by atoms with Gasteiger partial charge in [-0.05, 0) is 14.1 Å². The van der Waals surface area contributed by atoms with Gasteiger partial charge in [-0.2, -0.15) is 0 Å². The molecule has 0 aromatic rings. The van der Waals surface area contributed by atoms with Gasteiger partial charge in [0.05, 0.1) is 6.04 Å². The van der Waals surface area contributed by atoms with Crippen LogP contribution in [-0.4, -0.2) is 31.3 Å². The van der Waals surface area contributed by atoms with E-state index in [4.69, 9.17) is 0 Å². The van der Waals surface area contributed by atoms with E-state index in [1.807, 2.05) is 6.29 Å². The molecule has 0 aliphatic carbocycles. The molecule has 0 bridgehead atoms. The van der Waals surface area contributed by atoms with Gasteiger partial charge in [0.1, 0.15) is 0 Å². The van der Waals surface area contributed by atoms with Crippen LogP contribution in [0.2, 0.25) is 0 Å². The van der Waals surface area contributed by atoms with E-state index in [2.05, 4.69) is 6.58 Å². The fraction of sp³-hybridized carbons (Fsp3) is 0.500. The predicted molar refractivity (Wildman–Crippen MR) is 33.4 cm³/mol. The molecule has 2 nitrogen and oxygen atoms in total. The molecule has 0 N–H and O–H groups in total.